The van der Waals surface area contributed by atoms with Gasteiger partial charge < -0.3 is 15.3 Å². The zero-order valence-electron chi connectivity index (χ0n) is 14.8. The maximum atomic E-state index is 12.5. The number of likely N-dealkylation sites (tertiary alicyclic amines) is 1. The predicted molar refractivity (Wildman–Crippen MR) is 93.2 cm³/mol. The minimum atomic E-state index is -0.417. The van der Waals surface area contributed by atoms with Crippen molar-refractivity contribution in [3.8, 4) is 0 Å². The number of aliphatic hydroxyl groups excluding tert-OH is 1. The molecular formula is C19H28N2O3. The van der Waals surface area contributed by atoms with Gasteiger partial charge in [-0.2, -0.15) is 0 Å². The van der Waals surface area contributed by atoms with Crippen LogP contribution in [0.1, 0.15) is 44.2 Å². The summed E-state index contributed by atoms with van der Waals surface area (Å²) in [5.41, 5.74) is 1.85. The second-order valence-corrected chi connectivity index (χ2v) is 7.04. The summed E-state index contributed by atoms with van der Waals surface area (Å²) in [7, 11) is 0. The summed E-state index contributed by atoms with van der Waals surface area (Å²) in [6, 6.07) is 8.10. The van der Waals surface area contributed by atoms with Gasteiger partial charge in [-0.3, -0.25) is 9.59 Å². The fourth-order valence-electron chi connectivity index (χ4n) is 2.99. The average molecular weight is 332 g/mol. The van der Waals surface area contributed by atoms with Crippen LogP contribution >= 0.6 is 0 Å². The third-order valence-corrected chi connectivity index (χ3v) is 4.95. The van der Waals surface area contributed by atoms with Crippen LogP contribution in [-0.2, 0) is 16.1 Å². The van der Waals surface area contributed by atoms with Crippen molar-refractivity contribution in [1.82, 2.24) is 10.2 Å². The number of hydrogen-bond acceptors (Lipinski definition) is 3. The molecule has 0 aromatic heterocycles. The Morgan fingerprint density at radius 3 is 2.62 bits per heavy atom. The van der Waals surface area contributed by atoms with E-state index in [0.717, 1.165) is 12.0 Å². The number of carbonyl (C=O) groups is 2. The van der Waals surface area contributed by atoms with E-state index in [0.29, 0.717) is 19.5 Å². The van der Waals surface area contributed by atoms with Gasteiger partial charge in [-0.05, 0) is 32.3 Å². The molecule has 2 rings (SSSR count). The first-order valence-corrected chi connectivity index (χ1v) is 8.63. The Morgan fingerprint density at radius 1 is 1.38 bits per heavy atom. The van der Waals surface area contributed by atoms with Crippen molar-refractivity contribution in [2.45, 2.75) is 52.1 Å². The number of aryl methyl sites for hydroxylation is 1. The molecule has 2 amide bonds. The van der Waals surface area contributed by atoms with Crippen LogP contribution in [0.15, 0.2) is 24.3 Å². The molecule has 0 aliphatic carbocycles. The zero-order valence-corrected chi connectivity index (χ0v) is 14.8. The van der Waals surface area contributed by atoms with E-state index >= 15 is 0 Å². The van der Waals surface area contributed by atoms with Gasteiger partial charge in [0, 0.05) is 31.7 Å². The predicted octanol–water partition coefficient (Wildman–Crippen LogP) is 2.01. The molecule has 1 aliphatic rings. The summed E-state index contributed by atoms with van der Waals surface area (Å²) in [5.74, 6) is -0.379. The second-order valence-electron chi connectivity index (χ2n) is 7.04. The van der Waals surface area contributed by atoms with Gasteiger partial charge in [0.2, 0.25) is 11.8 Å². The first-order valence-electron chi connectivity index (χ1n) is 8.63. The van der Waals surface area contributed by atoms with Gasteiger partial charge in [-0.25, -0.2) is 0 Å². The lowest BCUT2D eigenvalue weighted by molar-refractivity contribution is -0.129. The molecule has 1 aromatic carbocycles. The van der Waals surface area contributed by atoms with Crippen LogP contribution in [0.5, 0.6) is 0 Å². The standard InChI is InChI=1S/C19H28N2O3/c1-4-19(3,9-10-22)20-18(24)16-11-17(23)21(13-16)12-15-7-5-14(2)6-8-15/h5-8,16,22H,4,9-13H2,1-3H3,(H,20,24). The summed E-state index contributed by atoms with van der Waals surface area (Å²) in [5, 5.41) is 12.2. The highest BCUT2D eigenvalue weighted by molar-refractivity contribution is 5.89. The minimum absolute atomic E-state index is 0.0242. The van der Waals surface area contributed by atoms with Crippen molar-refractivity contribution in [3.63, 3.8) is 0 Å². The third-order valence-electron chi connectivity index (χ3n) is 4.95. The monoisotopic (exact) mass is 332 g/mol. The molecule has 24 heavy (non-hydrogen) atoms. The number of amides is 2. The molecular weight excluding hydrogens is 304 g/mol. The molecule has 1 aromatic rings. The molecule has 2 atom stereocenters. The SMILES string of the molecule is CCC(C)(CCO)NC(=O)C1CC(=O)N(Cc2ccc(C)cc2)C1. The molecule has 1 saturated heterocycles. The van der Waals surface area contributed by atoms with Crippen LogP contribution in [-0.4, -0.2) is 40.5 Å². The summed E-state index contributed by atoms with van der Waals surface area (Å²) < 4.78 is 0. The highest BCUT2D eigenvalue weighted by Gasteiger charge is 2.36. The summed E-state index contributed by atoms with van der Waals surface area (Å²) >= 11 is 0. The fourth-order valence-corrected chi connectivity index (χ4v) is 2.99. The van der Waals surface area contributed by atoms with Crippen LogP contribution in [0.3, 0.4) is 0 Å². The molecule has 0 saturated carbocycles. The van der Waals surface area contributed by atoms with Crippen LogP contribution in [0.2, 0.25) is 0 Å². The Bertz CT molecular complexity index is 585. The van der Waals surface area contributed by atoms with Crippen molar-refractivity contribution in [1.29, 1.82) is 0 Å². The van der Waals surface area contributed by atoms with E-state index < -0.39 is 5.54 Å². The molecule has 5 heteroatoms. The molecule has 0 spiro atoms. The number of rotatable bonds is 7. The zero-order chi connectivity index (χ0) is 17.7. The maximum absolute atomic E-state index is 12.5. The van der Waals surface area contributed by atoms with Gasteiger partial charge in [0.15, 0.2) is 0 Å². The van der Waals surface area contributed by atoms with Crippen molar-refractivity contribution in [2.75, 3.05) is 13.2 Å². The normalized spacial score (nSPS) is 20.1. The van der Waals surface area contributed by atoms with E-state index in [9.17, 15) is 9.59 Å². The largest absolute Gasteiger partial charge is 0.396 e. The van der Waals surface area contributed by atoms with E-state index in [1.54, 1.807) is 4.90 Å². The van der Waals surface area contributed by atoms with Gasteiger partial charge in [0.25, 0.3) is 0 Å². The Labute approximate surface area is 144 Å². The number of carbonyl (C=O) groups excluding carboxylic acids is 2. The highest BCUT2D eigenvalue weighted by atomic mass is 16.3. The van der Waals surface area contributed by atoms with Crippen molar-refractivity contribution >= 4 is 11.8 Å². The molecule has 2 unspecified atom stereocenters. The Hall–Kier alpha value is -1.88. The fraction of sp³-hybridized carbons (Fsp3) is 0.579. The molecule has 1 heterocycles. The van der Waals surface area contributed by atoms with E-state index in [2.05, 4.69) is 5.32 Å². The first kappa shape index (κ1) is 18.5. The Balaban J connectivity index is 1.95. The summed E-state index contributed by atoms with van der Waals surface area (Å²) in [6.45, 7) is 6.99. The molecule has 1 aliphatic heterocycles. The smallest absolute Gasteiger partial charge is 0.225 e. The summed E-state index contributed by atoms with van der Waals surface area (Å²) in [4.78, 5) is 26.5. The van der Waals surface area contributed by atoms with Crippen molar-refractivity contribution in [3.05, 3.63) is 35.4 Å². The van der Waals surface area contributed by atoms with Crippen LogP contribution < -0.4 is 5.32 Å². The highest BCUT2D eigenvalue weighted by Crippen LogP contribution is 2.23. The van der Waals surface area contributed by atoms with Crippen LogP contribution in [0.4, 0.5) is 0 Å². The van der Waals surface area contributed by atoms with Gasteiger partial charge in [-0.1, -0.05) is 36.8 Å². The quantitative estimate of drug-likeness (QED) is 0.802. The molecule has 0 bridgehead atoms. The number of nitrogens with zero attached hydrogens (tertiary/aromatic N) is 1. The molecule has 5 nitrogen and oxygen atoms in total. The Kier molecular flexibility index (Phi) is 5.99. The third kappa shape index (κ3) is 4.57. The number of hydrogen-bond donors (Lipinski definition) is 2. The number of aliphatic hydroxyl groups is 1. The minimum Gasteiger partial charge on any atom is -0.396 e. The van der Waals surface area contributed by atoms with E-state index in [-0.39, 0.29) is 30.8 Å². The molecule has 0 radical (unpaired) electrons. The molecule has 1 fully saturated rings. The van der Waals surface area contributed by atoms with Crippen molar-refractivity contribution in [2.24, 2.45) is 5.92 Å². The Morgan fingerprint density at radius 2 is 2.04 bits per heavy atom. The van der Waals surface area contributed by atoms with Gasteiger partial charge in [0.05, 0.1) is 5.92 Å². The van der Waals surface area contributed by atoms with E-state index in [1.165, 1.54) is 5.56 Å². The first-order chi connectivity index (χ1) is 11.4. The van der Waals surface area contributed by atoms with Gasteiger partial charge in [-0.15, -0.1) is 0 Å². The second kappa shape index (κ2) is 7.79. The van der Waals surface area contributed by atoms with Gasteiger partial charge in [0.1, 0.15) is 0 Å². The molecule has 2 N–H and O–H groups in total. The molecule has 132 valence electrons. The van der Waals surface area contributed by atoms with Crippen LogP contribution in [0, 0.1) is 12.8 Å². The van der Waals surface area contributed by atoms with E-state index in [1.807, 2.05) is 45.0 Å². The lowest BCUT2D eigenvalue weighted by Gasteiger charge is -2.30. The average Bonchev–Trinajstić information content (AvgIpc) is 2.91. The van der Waals surface area contributed by atoms with Crippen LogP contribution in [0.25, 0.3) is 0 Å². The number of nitrogens with one attached hydrogen (secondary N) is 1. The topological polar surface area (TPSA) is 69.6 Å². The van der Waals surface area contributed by atoms with Gasteiger partial charge >= 0.3 is 0 Å². The lowest BCUT2D eigenvalue weighted by atomic mass is 9.93. The van der Waals surface area contributed by atoms with E-state index in [4.69, 9.17) is 5.11 Å². The summed E-state index contributed by atoms with van der Waals surface area (Å²) in [6.07, 6.45) is 1.52. The maximum Gasteiger partial charge on any atom is 0.225 e. The lowest BCUT2D eigenvalue weighted by Crippen LogP contribution is -2.48. The number of benzene rings is 1. The van der Waals surface area contributed by atoms with Crippen molar-refractivity contribution < 1.29 is 14.7 Å².